The Bertz CT molecular complexity index is 331. The maximum Gasteiger partial charge on any atom is 0.209 e. The van der Waals surface area contributed by atoms with E-state index in [1.54, 1.807) is 11.2 Å². The highest BCUT2D eigenvalue weighted by Gasteiger charge is 2.26. The van der Waals surface area contributed by atoms with E-state index < -0.39 is 0 Å². The average molecular weight is 300 g/mol. The topological polar surface area (TPSA) is 38.8 Å². The van der Waals surface area contributed by atoms with E-state index in [4.69, 9.17) is 0 Å². The molecule has 116 valence electrons. The Morgan fingerprint density at radius 2 is 1.70 bits per heavy atom. The Morgan fingerprint density at radius 1 is 1.25 bits per heavy atom. The van der Waals surface area contributed by atoms with Crippen molar-refractivity contribution in [2.24, 2.45) is 0 Å². The molecule has 6 heteroatoms. The number of allylic oxidation sites excluding steroid dienone is 2. The molecule has 2 heterocycles. The fourth-order valence-corrected chi connectivity index (χ4v) is 1.66. The molecule has 20 heavy (non-hydrogen) atoms. The normalized spacial score (nSPS) is 17.6. The molecule has 0 spiro atoms. The van der Waals surface area contributed by atoms with Crippen molar-refractivity contribution < 1.29 is 4.79 Å². The van der Waals surface area contributed by atoms with E-state index in [0.29, 0.717) is 6.04 Å². The summed E-state index contributed by atoms with van der Waals surface area (Å²) in [4.78, 5) is 16.1. The van der Waals surface area contributed by atoms with Gasteiger partial charge in [-0.25, -0.2) is 0 Å². The largest absolute Gasteiger partial charge is 0.365 e. The van der Waals surface area contributed by atoms with Crippen LogP contribution in [0.1, 0.15) is 13.8 Å². The van der Waals surface area contributed by atoms with Crippen LogP contribution in [0.15, 0.2) is 23.8 Å². The summed E-state index contributed by atoms with van der Waals surface area (Å²) < 4.78 is 0. The number of nitrogens with zero attached hydrogens (tertiary/aromatic N) is 3. The van der Waals surface area contributed by atoms with Gasteiger partial charge in [-0.3, -0.25) is 4.79 Å². The summed E-state index contributed by atoms with van der Waals surface area (Å²) in [7, 11) is 6.12. The van der Waals surface area contributed by atoms with E-state index in [1.165, 1.54) is 11.4 Å². The van der Waals surface area contributed by atoms with E-state index in [1.807, 2.05) is 26.5 Å². The summed E-state index contributed by atoms with van der Waals surface area (Å²) in [6.45, 7) is 5.94. The molecule has 2 aliphatic rings. The minimum absolute atomic E-state index is 0.593. The molecule has 0 aromatic rings. The van der Waals surface area contributed by atoms with Gasteiger partial charge in [-0.15, -0.1) is 0 Å². The van der Waals surface area contributed by atoms with Crippen LogP contribution in [0.25, 0.3) is 0 Å². The molecule has 0 aliphatic carbocycles. The van der Waals surface area contributed by atoms with Gasteiger partial charge in [0.05, 0.1) is 0 Å². The van der Waals surface area contributed by atoms with E-state index in [9.17, 15) is 4.79 Å². The third-order valence-electron chi connectivity index (χ3n) is 3.41. The van der Waals surface area contributed by atoms with Crippen LogP contribution in [0.5, 0.6) is 0 Å². The van der Waals surface area contributed by atoms with Gasteiger partial charge in [0, 0.05) is 50.0 Å². The first kappa shape index (κ1) is 18.9. The van der Waals surface area contributed by atoms with Gasteiger partial charge in [0.25, 0.3) is 0 Å². The number of carbonyl (C=O) groups excluding carboxylic acids is 1. The van der Waals surface area contributed by atoms with Gasteiger partial charge in [0.2, 0.25) is 6.41 Å². The summed E-state index contributed by atoms with van der Waals surface area (Å²) in [6, 6.07) is 0.593. The number of hydrogen-bond donors (Lipinski definition) is 2. The number of thiol groups is 1. The zero-order valence-electron chi connectivity index (χ0n) is 13.4. The second-order valence-corrected chi connectivity index (χ2v) is 4.97. The minimum Gasteiger partial charge on any atom is -0.365 e. The third-order valence-corrected chi connectivity index (χ3v) is 3.41. The van der Waals surface area contributed by atoms with E-state index in [-0.39, 0.29) is 0 Å². The number of amides is 1. The molecule has 1 N–H and O–H groups in total. The number of hydrogen-bond acceptors (Lipinski definition) is 5. The Balaban J connectivity index is 0.000000321. The molecule has 5 nitrogen and oxygen atoms in total. The third kappa shape index (κ3) is 5.88. The van der Waals surface area contributed by atoms with Gasteiger partial charge in [-0.2, -0.15) is 12.6 Å². The summed E-state index contributed by atoms with van der Waals surface area (Å²) in [5, 5.41) is 3.05. The molecule has 1 fully saturated rings. The van der Waals surface area contributed by atoms with E-state index in [0.717, 1.165) is 19.5 Å². The Labute approximate surface area is 128 Å². The van der Waals surface area contributed by atoms with E-state index in [2.05, 4.69) is 48.6 Å². The predicted molar refractivity (Wildman–Crippen MR) is 88.4 cm³/mol. The lowest BCUT2D eigenvalue weighted by atomic mass is 10.1. The van der Waals surface area contributed by atoms with Crippen LogP contribution in [0, 0.1) is 0 Å². The van der Waals surface area contributed by atoms with Gasteiger partial charge in [-0.05, 0) is 34.2 Å². The first-order valence-corrected chi connectivity index (χ1v) is 7.49. The zero-order chi connectivity index (χ0) is 15.7. The van der Waals surface area contributed by atoms with Crippen LogP contribution < -0.4 is 5.32 Å². The quantitative estimate of drug-likeness (QED) is 0.593. The van der Waals surface area contributed by atoms with Gasteiger partial charge < -0.3 is 20.0 Å². The lowest BCUT2D eigenvalue weighted by molar-refractivity contribution is -0.124. The summed E-state index contributed by atoms with van der Waals surface area (Å²) in [5.41, 5.74) is 2.49. The monoisotopic (exact) mass is 300 g/mol. The zero-order valence-corrected chi connectivity index (χ0v) is 14.3. The van der Waals surface area contributed by atoms with E-state index >= 15 is 0 Å². The molecular formula is C14H28N4OS. The molecule has 0 atom stereocenters. The molecule has 1 amide bonds. The molecule has 0 aromatic carbocycles. The highest BCUT2D eigenvalue weighted by molar-refractivity contribution is 7.79. The second-order valence-electron chi connectivity index (χ2n) is 4.97. The van der Waals surface area contributed by atoms with Crippen molar-refractivity contribution in [1.82, 2.24) is 20.0 Å². The van der Waals surface area contributed by atoms with Crippen molar-refractivity contribution in [2.45, 2.75) is 19.9 Å². The maximum absolute atomic E-state index is 10.1. The lowest BCUT2D eigenvalue weighted by Crippen LogP contribution is -2.56. The van der Waals surface area contributed by atoms with Crippen LogP contribution >= 0.6 is 12.6 Å². The first-order chi connectivity index (χ1) is 9.45. The summed E-state index contributed by atoms with van der Waals surface area (Å²) >= 11 is 3.53. The Hall–Kier alpha value is -1.14. The molecule has 2 rings (SSSR count). The molecule has 0 bridgehead atoms. The SMILES string of the molecule is CC1=CNC=C(C)N1C.CN(C)C1CN(C=O)C1.CS. The van der Waals surface area contributed by atoms with Gasteiger partial charge in [0.1, 0.15) is 0 Å². The maximum atomic E-state index is 10.1. The number of rotatable bonds is 2. The molecule has 2 aliphatic heterocycles. The molecular weight excluding hydrogens is 272 g/mol. The average Bonchev–Trinajstić information content (AvgIpc) is 2.37. The number of nitrogens with one attached hydrogen (secondary N) is 1. The molecule has 0 aromatic heterocycles. The second kappa shape index (κ2) is 9.72. The van der Waals surface area contributed by atoms with Crippen LogP contribution in [-0.4, -0.2) is 67.6 Å². The standard InChI is InChI=1S/C7H12N2.C6H12N2O.CH4S/c1-6-4-8-5-7(2)9(6)3;1-7(2)6-3-8(4-6)5-9;1-2/h4-5,8H,1-3H3;5-6H,3-4H2,1-2H3;2H,1H3. The molecule has 0 unspecified atom stereocenters. The van der Waals surface area contributed by atoms with Crippen LogP contribution in [0.3, 0.4) is 0 Å². The van der Waals surface area contributed by atoms with Crippen LogP contribution in [-0.2, 0) is 4.79 Å². The number of carbonyl (C=O) groups is 1. The van der Waals surface area contributed by atoms with Crippen molar-refractivity contribution in [2.75, 3.05) is 40.5 Å². The van der Waals surface area contributed by atoms with Crippen LogP contribution in [0.4, 0.5) is 0 Å². The van der Waals surface area contributed by atoms with Gasteiger partial charge in [-0.1, -0.05) is 0 Å². The summed E-state index contributed by atoms with van der Waals surface area (Å²) in [6.07, 6.45) is 6.56. The van der Waals surface area contributed by atoms with Gasteiger partial charge >= 0.3 is 0 Å². The van der Waals surface area contributed by atoms with Crippen molar-refractivity contribution in [3.8, 4) is 0 Å². The summed E-state index contributed by atoms with van der Waals surface area (Å²) in [5.74, 6) is 0. The van der Waals surface area contributed by atoms with Crippen molar-refractivity contribution in [3.63, 3.8) is 0 Å². The van der Waals surface area contributed by atoms with Crippen molar-refractivity contribution in [3.05, 3.63) is 23.8 Å². The van der Waals surface area contributed by atoms with Crippen molar-refractivity contribution in [1.29, 1.82) is 0 Å². The highest BCUT2D eigenvalue weighted by Crippen LogP contribution is 2.10. The fourth-order valence-electron chi connectivity index (χ4n) is 1.66. The molecule has 0 saturated carbocycles. The minimum atomic E-state index is 0.593. The first-order valence-electron chi connectivity index (χ1n) is 6.59. The lowest BCUT2D eigenvalue weighted by Gasteiger charge is -2.40. The van der Waals surface area contributed by atoms with Crippen LogP contribution in [0.2, 0.25) is 0 Å². The predicted octanol–water partition coefficient (Wildman–Crippen LogP) is 1.18. The Kier molecular flexibility index (Phi) is 9.16. The molecule has 1 saturated heterocycles. The smallest absolute Gasteiger partial charge is 0.209 e. The van der Waals surface area contributed by atoms with Gasteiger partial charge in [0.15, 0.2) is 0 Å². The highest BCUT2D eigenvalue weighted by atomic mass is 32.1. The molecule has 0 radical (unpaired) electrons. The number of likely N-dealkylation sites (N-methyl/N-ethyl adjacent to an activating group) is 1. The Morgan fingerprint density at radius 3 is 2.00 bits per heavy atom. The number of likely N-dealkylation sites (tertiary alicyclic amines) is 1. The fraction of sp³-hybridized carbons (Fsp3) is 0.643. The van der Waals surface area contributed by atoms with Crippen molar-refractivity contribution >= 4 is 19.0 Å².